The third kappa shape index (κ3) is 2.13. The quantitative estimate of drug-likeness (QED) is 0.786. The molecule has 2 N–H and O–H groups in total. The topological polar surface area (TPSA) is 50.1 Å². The Hall–Kier alpha value is -0.870. The summed E-state index contributed by atoms with van der Waals surface area (Å²) in [5.74, 6) is 0. The fourth-order valence-electron chi connectivity index (χ4n) is 2.33. The van der Waals surface area contributed by atoms with Crippen LogP contribution in [0.4, 0.5) is 0 Å². The van der Waals surface area contributed by atoms with Gasteiger partial charge >= 0.3 is 0 Å². The van der Waals surface area contributed by atoms with Gasteiger partial charge in [-0.15, -0.1) is 0 Å². The summed E-state index contributed by atoms with van der Waals surface area (Å²) in [5.41, 5.74) is 2.66. The van der Waals surface area contributed by atoms with Crippen molar-refractivity contribution in [3.63, 3.8) is 0 Å². The summed E-state index contributed by atoms with van der Waals surface area (Å²) < 4.78 is 1.90. The molecule has 0 saturated heterocycles. The van der Waals surface area contributed by atoms with E-state index >= 15 is 0 Å². The third-order valence-electron chi connectivity index (χ3n) is 3.89. The highest BCUT2D eigenvalue weighted by Gasteiger charge is 2.35. The third-order valence-corrected chi connectivity index (χ3v) is 3.89. The van der Waals surface area contributed by atoms with Gasteiger partial charge in [-0.3, -0.25) is 4.68 Å². The molecule has 1 aromatic heterocycles. The lowest BCUT2D eigenvalue weighted by atomic mass is 9.74. The van der Waals surface area contributed by atoms with Crippen LogP contribution in [0.25, 0.3) is 0 Å². The summed E-state index contributed by atoms with van der Waals surface area (Å²) in [4.78, 5) is 0. The van der Waals surface area contributed by atoms with Crippen molar-refractivity contribution in [1.82, 2.24) is 15.1 Å². The van der Waals surface area contributed by atoms with E-state index in [1.807, 2.05) is 17.9 Å². The molecular formula is C12H21N3O. The summed E-state index contributed by atoms with van der Waals surface area (Å²) in [6, 6.07) is 0. The van der Waals surface area contributed by atoms with Gasteiger partial charge in [-0.25, -0.2) is 0 Å². The van der Waals surface area contributed by atoms with Gasteiger partial charge in [0, 0.05) is 37.0 Å². The highest BCUT2D eigenvalue weighted by molar-refractivity contribution is 5.16. The van der Waals surface area contributed by atoms with E-state index in [-0.39, 0.29) is 12.1 Å². The van der Waals surface area contributed by atoms with E-state index in [1.54, 1.807) is 0 Å². The number of nitrogens with one attached hydrogen (secondary N) is 1. The van der Waals surface area contributed by atoms with Gasteiger partial charge in [0.25, 0.3) is 0 Å². The first-order valence-corrected chi connectivity index (χ1v) is 6.00. The molecule has 1 aliphatic rings. The van der Waals surface area contributed by atoms with Crippen LogP contribution in [0.3, 0.4) is 0 Å². The van der Waals surface area contributed by atoms with E-state index in [1.165, 1.54) is 30.5 Å². The van der Waals surface area contributed by atoms with Crippen molar-refractivity contribution in [2.45, 2.75) is 44.7 Å². The number of rotatable bonds is 5. The second kappa shape index (κ2) is 4.55. The molecule has 90 valence electrons. The number of hydrogen-bond acceptors (Lipinski definition) is 3. The van der Waals surface area contributed by atoms with Crippen LogP contribution in [-0.2, 0) is 13.6 Å². The molecule has 1 heterocycles. The largest absolute Gasteiger partial charge is 0.396 e. The summed E-state index contributed by atoms with van der Waals surface area (Å²) in [6.45, 7) is 3.22. The second-order valence-electron chi connectivity index (χ2n) is 4.84. The number of aromatic nitrogens is 2. The maximum absolute atomic E-state index is 9.07. The second-order valence-corrected chi connectivity index (χ2v) is 4.84. The molecule has 1 aromatic rings. The average Bonchev–Trinajstić information content (AvgIpc) is 2.53. The van der Waals surface area contributed by atoms with Gasteiger partial charge in [-0.05, 0) is 32.6 Å². The van der Waals surface area contributed by atoms with Crippen molar-refractivity contribution in [3.8, 4) is 0 Å². The molecule has 0 spiro atoms. The van der Waals surface area contributed by atoms with E-state index < -0.39 is 0 Å². The lowest BCUT2D eigenvalue weighted by molar-refractivity contribution is 0.130. The van der Waals surface area contributed by atoms with E-state index in [9.17, 15) is 0 Å². The first-order chi connectivity index (χ1) is 7.67. The Balaban J connectivity index is 1.93. The maximum atomic E-state index is 9.07. The molecule has 0 radical (unpaired) electrons. The predicted octanol–water partition coefficient (Wildman–Crippen LogP) is 1.12. The zero-order valence-corrected chi connectivity index (χ0v) is 10.2. The molecule has 16 heavy (non-hydrogen) atoms. The average molecular weight is 223 g/mol. The van der Waals surface area contributed by atoms with Crippen LogP contribution in [0.2, 0.25) is 0 Å². The molecule has 0 amide bonds. The van der Waals surface area contributed by atoms with Crippen molar-refractivity contribution in [2.75, 3.05) is 6.61 Å². The van der Waals surface area contributed by atoms with Crippen molar-refractivity contribution >= 4 is 0 Å². The number of aliphatic hydroxyl groups is 1. The van der Waals surface area contributed by atoms with Gasteiger partial charge in [-0.2, -0.15) is 5.10 Å². The maximum Gasteiger partial charge on any atom is 0.0537 e. The zero-order chi connectivity index (χ0) is 11.6. The van der Waals surface area contributed by atoms with Crippen LogP contribution < -0.4 is 5.32 Å². The SMILES string of the molecule is Cc1c(CNC2(CCO)CCC2)cnn1C. The lowest BCUT2D eigenvalue weighted by Gasteiger charge is -2.42. The van der Waals surface area contributed by atoms with Gasteiger partial charge < -0.3 is 10.4 Å². The smallest absolute Gasteiger partial charge is 0.0537 e. The lowest BCUT2D eigenvalue weighted by Crippen LogP contribution is -2.51. The number of aliphatic hydroxyl groups excluding tert-OH is 1. The molecule has 0 bridgehead atoms. The number of nitrogens with zero attached hydrogens (tertiary/aromatic N) is 2. The standard InChI is InChI=1S/C12H21N3O/c1-10-11(9-14-15(10)2)8-13-12(6-7-16)4-3-5-12/h9,13,16H,3-8H2,1-2H3. The molecule has 1 aliphatic carbocycles. The van der Waals surface area contributed by atoms with Gasteiger partial charge in [-0.1, -0.05) is 0 Å². The first-order valence-electron chi connectivity index (χ1n) is 6.00. The Morgan fingerprint density at radius 1 is 1.56 bits per heavy atom. The van der Waals surface area contributed by atoms with E-state index in [2.05, 4.69) is 17.3 Å². The molecule has 0 aromatic carbocycles. The minimum atomic E-state index is 0.191. The monoisotopic (exact) mass is 223 g/mol. The van der Waals surface area contributed by atoms with Crippen LogP contribution in [0, 0.1) is 6.92 Å². The summed E-state index contributed by atoms with van der Waals surface area (Å²) in [5, 5.41) is 16.9. The Labute approximate surface area is 96.7 Å². The zero-order valence-electron chi connectivity index (χ0n) is 10.2. The highest BCUT2D eigenvalue weighted by atomic mass is 16.3. The van der Waals surface area contributed by atoms with Crippen molar-refractivity contribution < 1.29 is 5.11 Å². The molecule has 1 saturated carbocycles. The van der Waals surface area contributed by atoms with E-state index in [0.29, 0.717) is 0 Å². The van der Waals surface area contributed by atoms with Crippen LogP contribution in [0.1, 0.15) is 36.9 Å². The molecule has 2 rings (SSSR count). The normalized spacial score (nSPS) is 18.4. The minimum absolute atomic E-state index is 0.191. The van der Waals surface area contributed by atoms with Gasteiger partial charge in [0.1, 0.15) is 0 Å². The van der Waals surface area contributed by atoms with Gasteiger partial charge in [0.2, 0.25) is 0 Å². The first kappa shape index (κ1) is 11.6. The van der Waals surface area contributed by atoms with Crippen LogP contribution in [0.15, 0.2) is 6.20 Å². The molecule has 4 heteroatoms. The predicted molar refractivity (Wildman–Crippen MR) is 63.1 cm³/mol. The van der Waals surface area contributed by atoms with Crippen molar-refractivity contribution in [1.29, 1.82) is 0 Å². The highest BCUT2D eigenvalue weighted by Crippen LogP contribution is 2.34. The van der Waals surface area contributed by atoms with E-state index in [0.717, 1.165) is 13.0 Å². The Bertz CT molecular complexity index is 355. The number of hydrogen-bond donors (Lipinski definition) is 2. The van der Waals surface area contributed by atoms with Crippen LogP contribution in [0.5, 0.6) is 0 Å². The Kier molecular flexibility index (Phi) is 3.30. The minimum Gasteiger partial charge on any atom is -0.396 e. The van der Waals surface area contributed by atoms with E-state index in [4.69, 9.17) is 5.11 Å². The van der Waals surface area contributed by atoms with Crippen LogP contribution in [-0.4, -0.2) is 27.0 Å². The van der Waals surface area contributed by atoms with Gasteiger partial charge in [0.15, 0.2) is 0 Å². The molecule has 1 fully saturated rings. The Morgan fingerprint density at radius 2 is 2.31 bits per heavy atom. The summed E-state index contributed by atoms with van der Waals surface area (Å²) >= 11 is 0. The molecule has 0 atom stereocenters. The van der Waals surface area contributed by atoms with Gasteiger partial charge in [0.05, 0.1) is 6.20 Å². The number of aryl methyl sites for hydroxylation is 1. The molecular weight excluding hydrogens is 202 g/mol. The van der Waals surface area contributed by atoms with Crippen molar-refractivity contribution in [3.05, 3.63) is 17.5 Å². The fraction of sp³-hybridized carbons (Fsp3) is 0.750. The van der Waals surface area contributed by atoms with Crippen molar-refractivity contribution in [2.24, 2.45) is 7.05 Å². The fourth-order valence-corrected chi connectivity index (χ4v) is 2.33. The van der Waals surface area contributed by atoms with Crippen LogP contribution >= 0.6 is 0 Å². The summed E-state index contributed by atoms with van der Waals surface area (Å²) in [6.07, 6.45) is 6.44. The molecule has 0 unspecified atom stereocenters. The Morgan fingerprint density at radius 3 is 2.75 bits per heavy atom. The molecule has 0 aliphatic heterocycles. The summed E-state index contributed by atoms with van der Waals surface area (Å²) in [7, 11) is 1.96. The molecule has 4 nitrogen and oxygen atoms in total.